The molecular weight excluding hydrogens is 424 g/mol. The monoisotopic (exact) mass is 456 g/mol. The molecule has 24 heavy (non-hydrogen) atoms. The van der Waals surface area contributed by atoms with E-state index >= 15 is 0 Å². The number of nitrogens with one attached hydrogen (secondary N) is 3. The molecule has 138 valence electrons. The quantitative estimate of drug-likeness (QED) is 0.203. The van der Waals surface area contributed by atoms with Crippen LogP contribution in [0.4, 0.5) is 0 Å². The lowest BCUT2D eigenvalue weighted by Crippen LogP contribution is -2.50. The number of carbonyl (C=O) groups excluding carboxylic acids is 3. The maximum absolute atomic E-state index is 12.4. The molecule has 0 aromatic carbocycles. The topological polar surface area (TPSA) is 90.5 Å². The molecule has 0 spiro atoms. The second kappa shape index (κ2) is 11.6. The number of likely N-dealkylation sites (tertiary alicyclic amines) is 1. The molecule has 0 radical (unpaired) electrons. The smallest absolute Gasteiger partial charge is 0.239 e. The van der Waals surface area contributed by atoms with Crippen LogP contribution in [0.2, 0.25) is 0 Å². The zero-order chi connectivity index (χ0) is 20.6. The van der Waals surface area contributed by atoms with Gasteiger partial charge in [0, 0.05) is 36.0 Å². The van der Waals surface area contributed by atoms with E-state index in [9.17, 15) is 14.4 Å². The highest BCUT2D eigenvalue weighted by molar-refractivity contribution is 14.1. The molecule has 3 N–H and O–H groups in total. The zero-order valence-corrected chi connectivity index (χ0v) is 16.4. The summed E-state index contributed by atoms with van der Waals surface area (Å²) in [6.45, 7) is 0.186. The molecule has 1 rings (SSSR count). The van der Waals surface area contributed by atoms with Crippen molar-refractivity contribution in [3.05, 3.63) is 0 Å². The van der Waals surface area contributed by atoms with Gasteiger partial charge in [0.15, 0.2) is 0 Å². The van der Waals surface area contributed by atoms with Crippen LogP contribution in [0.3, 0.4) is 0 Å². The number of carbonyl (C=O) groups is 3. The first-order valence-electron chi connectivity index (χ1n) is 9.81. The van der Waals surface area contributed by atoms with Crippen molar-refractivity contribution in [2.24, 2.45) is 0 Å². The summed E-state index contributed by atoms with van der Waals surface area (Å²) in [6, 6.07) is -0.197. The van der Waals surface area contributed by atoms with Crippen molar-refractivity contribution < 1.29 is 18.5 Å². The standard InChI is InChI=1S/C16H29IN4O3/c1-12-4-3-5-13(2)21(12)11-16(24)20-10-15(23)19-9-8-18-14(22)6-7-17/h12-13H,3-11H2,1-2H3,(H,18,22)(H,19,23)(H,20,24)/i10D,11D2,20+1. The fraction of sp³-hybridized carbons (Fsp3) is 0.812. The Morgan fingerprint density at radius 1 is 1.04 bits per heavy atom. The molecule has 3 amide bonds. The van der Waals surface area contributed by atoms with Gasteiger partial charge in [-0.3, -0.25) is 19.3 Å². The third kappa shape index (κ3) is 8.27. The molecule has 1 aliphatic heterocycles. The average molecular weight is 456 g/mol. The highest BCUT2D eigenvalue weighted by atomic mass is 127. The number of hydrogen-bond acceptors (Lipinski definition) is 4. The van der Waals surface area contributed by atoms with Crippen LogP contribution in [0.5, 0.6) is 0 Å². The molecular formula is C16H29IN4O3. The predicted molar refractivity (Wildman–Crippen MR) is 102 cm³/mol. The van der Waals surface area contributed by atoms with E-state index in [0.29, 0.717) is 10.8 Å². The molecule has 1 saturated heterocycles. The van der Waals surface area contributed by atoms with Crippen LogP contribution >= 0.6 is 22.6 Å². The zero-order valence-electron chi connectivity index (χ0n) is 17.2. The molecule has 0 aromatic rings. The Hall–Kier alpha value is -0.900. The van der Waals surface area contributed by atoms with Crippen molar-refractivity contribution in [3.8, 4) is 0 Å². The van der Waals surface area contributed by atoms with Crippen molar-refractivity contribution in [3.63, 3.8) is 0 Å². The van der Waals surface area contributed by atoms with Crippen LogP contribution in [0.1, 0.15) is 43.6 Å². The van der Waals surface area contributed by atoms with Gasteiger partial charge in [0.2, 0.25) is 17.7 Å². The molecule has 3 atom stereocenters. The molecule has 3 unspecified atom stereocenters. The lowest BCUT2D eigenvalue weighted by Gasteiger charge is -2.38. The summed E-state index contributed by atoms with van der Waals surface area (Å²) in [5.41, 5.74) is 0. The molecule has 8 heteroatoms. The number of hydrogen-bond donors (Lipinski definition) is 3. The molecule has 7 nitrogen and oxygen atoms in total. The number of halogens is 1. The van der Waals surface area contributed by atoms with E-state index in [1.54, 1.807) is 0 Å². The summed E-state index contributed by atoms with van der Waals surface area (Å²) in [5.74, 6) is -1.86. The van der Waals surface area contributed by atoms with Crippen LogP contribution in [0.25, 0.3) is 0 Å². The van der Waals surface area contributed by atoms with Gasteiger partial charge >= 0.3 is 0 Å². The van der Waals surface area contributed by atoms with Crippen molar-refractivity contribution in [1.82, 2.24) is 20.9 Å². The van der Waals surface area contributed by atoms with E-state index in [4.69, 9.17) is 4.11 Å². The number of amides is 3. The lowest BCUT2D eigenvalue weighted by atomic mass is 9.98. The minimum Gasteiger partial charge on any atom is -0.354 e. The summed E-state index contributed by atoms with van der Waals surface area (Å²) >= 11 is 2.09. The van der Waals surface area contributed by atoms with E-state index in [1.807, 2.05) is 13.8 Å². The summed E-state index contributed by atoms with van der Waals surface area (Å²) in [4.78, 5) is 37.1. The third-order valence-electron chi connectivity index (χ3n) is 3.83. The first-order valence-corrected chi connectivity index (χ1v) is 9.75. The second-order valence-corrected chi connectivity index (χ2v) is 6.92. The van der Waals surface area contributed by atoms with Gasteiger partial charge in [0.1, 0.15) is 0 Å². The van der Waals surface area contributed by atoms with Crippen LogP contribution in [0, 0.1) is 0 Å². The van der Waals surface area contributed by atoms with Gasteiger partial charge in [0.05, 0.1) is 17.1 Å². The van der Waals surface area contributed by atoms with Crippen molar-refractivity contribution in [2.45, 2.75) is 51.6 Å². The summed E-state index contributed by atoms with van der Waals surface area (Å²) in [6.07, 6.45) is 2.97. The molecule has 0 bridgehead atoms. The maximum atomic E-state index is 12.4. The van der Waals surface area contributed by atoms with E-state index in [2.05, 4.69) is 38.5 Å². The second-order valence-electron chi connectivity index (χ2n) is 5.85. The van der Waals surface area contributed by atoms with E-state index in [0.717, 1.165) is 19.3 Å². The first kappa shape index (κ1) is 16.6. The normalized spacial score (nSPS) is 24.9. The molecule has 1 fully saturated rings. The Morgan fingerprint density at radius 3 is 2.21 bits per heavy atom. The van der Waals surface area contributed by atoms with Gasteiger partial charge in [-0.05, 0) is 26.7 Å². The minimum absolute atomic E-state index is 0.0985. The maximum Gasteiger partial charge on any atom is 0.239 e. The van der Waals surface area contributed by atoms with Crippen LogP contribution in [-0.2, 0) is 14.4 Å². The SMILES string of the molecule is [2H]C([15NH]C(=O)C([2H])([2H])N1C(C)CCCC1C)C(=O)NCCNC(=O)CCI. The van der Waals surface area contributed by atoms with Gasteiger partial charge in [0.25, 0.3) is 0 Å². The highest BCUT2D eigenvalue weighted by Crippen LogP contribution is 2.21. The van der Waals surface area contributed by atoms with Crippen molar-refractivity contribution in [1.29, 1.82) is 0 Å². The van der Waals surface area contributed by atoms with Crippen LogP contribution in [0.15, 0.2) is 0 Å². The summed E-state index contributed by atoms with van der Waals surface area (Å²) in [5, 5.41) is 7.20. The molecule has 0 saturated carbocycles. The Kier molecular flexibility index (Phi) is 8.02. The Labute approximate surface area is 162 Å². The fourth-order valence-corrected chi connectivity index (χ4v) is 3.03. The molecule has 0 aliphatic carbocycles. The van der Waals surface area contributed by atoms with Gasteiger partial charge < -0.3 is 16.0 Å². The molecule has 0 aromatic heterocycles. The van der Waals surface area contributed by atoms with Crippen molar-refractivity contribution in [2.75, 3.05) is 30.5 Å². The van der Waals surface area contributed by atoms with Crippen LogP contribution < -0.4 is 16.0 Å². The van der Waals surface area contributed by atoms with Gasteiger partial charge in [-0.15, -0.1) is 0 Å². The third-order valence-corrected chi connectivity index (χ3v) is 4.37. The van der Waals surface area contributed by atoms with E-state index in [1.165, 1.54) is 4.90 Å². The largest absolute Gasteiger partial charge is 0.354 e. The first-order chi connectivity index (χ1) is 12.6. The number of nitrogens with zero attached hydrogens (tertiary/aromatic N) is 1. The van der Waals surface area contributed by atoms with Gasteiger partial charge in [-0.2, -0.15) is 0 Å². The van der Waals surface area contributed by atoms with Crippen LogP contribution in [-0.4, -0.2) is 65.2 Å². The average Bonchev–Trinajstić information content (AvgIpc) is 2.58. The highest BCUT2D eigenvalue weighted by Gasteiger charge is 2.26. The Bertz CT molecular complexity index is 529. The minimum atomic E-state index is -2.30. The number of piperidine rings is 1. The van der Waals surface area contributed by atoms with E-state index < -0.39 is 24.8 Å². The predicted octanol–water partition coefficient (Wildman–Crippen LogP) is 0.423. The summed E-state index contributed by atoms with van der Waals surface area (Å²) < 4.78 is 24.9. The molecule has 1 aliphatic rings. The van der Waals surface area contributed by atoms with Crippen molar-refractivity contribution >= 4 is 40.3 Å². The lowest BCUT2D eigenvalue weighted by molar-refractivity contribution is -0.127. The fourth-order valence-electron chi connectivity index (χ4n) is 2.54. The number of alkyl halides is 1. The Morgan fingerprint density at radius 2 is 1.62 bits per heavy atom. The number of rotatable bonds is 9. The summed E-state index contributed by atoms with van der Waals surface area (Å²) in [7, 11) is 0. The van der Waals surface area contributed by atoms with E-state index in [-0.39, 0.29) is 31.1 Å². The molecule has 1 heterocycles. The van der Waals surface area contributed by atoms with Gasteiger partial charge in [-0.25, -0.2) is 0 Å². The Balaban J connectivity index is 2.49. The van der Waals surface area contributed by atoms with Gasteiger partial charge in [-0.1, -0.05) is 29.0 Å².